The van der Waals surface area contributed by atoms with E-state index in [2.05, 4.69) is 5.32 Å². The minimum atomic E-state index is 0.560. The molecule has 1 aromatic heterocycles. The predicted molar refractivity (Wildman–Crippen MR) is 78.1 cm³/mol. The van der Waals surface area contributed by atoms with Crippen LogP contribution in [0.4, 0.5) is 0 Å². The van der Waals surface area contributed by atoms with Gasteiger partial charge in [0.05, 0.1) is 13.4 Å². The quantitative estimate of drug-likeness (QED) is 0.828. The monoisotopic (exact) mass is 289 g/mol. The fourth-order valence-corrected chi connectivity index (χ4v) is 2.33. The van der Waals surface area contributed by atoms with Gasteiger partial charge in [0.2, 0.25) is 5.75 Å². The van der Waals surface area contributed by atoms with E-state index in [1.165, 1.54) is 0 Å². The second-order valence-corrected chi connectivity index (χ2v) is 4.83. The molecule has 2 aromatic rings. The summed E-state index contributed by atoms with van der Waals surface area (Å²) in [5.74, 6) is 3.16. The molecule has 0 bridgehead atoms. The zero-order chi connectivity index (χ0) is 14.5. The van der Waals surface area contributed by atoms with Crippen molar-refractivity contribution in [2.45, 2.75) is 13.0 Å². The van der Waals surface area contributed by atoms with Gasteiger partial charge < -0.3 is 23.9 Å². The van der Waals surface area contributed by atoms with Crippen LogP contribution in [0.5, 0.6) is 17.2 Å². The van der Waals surface area contributed by atoms with Crippen molar-refractivity contribution in [3.8, 4) is 17.2 Å². The van der Waals surface area contributed by atoms with Crippen molar-refractivity contribution in [3.63, 3.8) is 0 Å². The Labute approximate surface area is 123 Å². The minimum absolute atomic E-state index is 0.560. The standard InChI is InChI=1S/C16H19NO4/c1-18-14-9-12(10-15-16(14)21-8-7-20-15)11-17-5-4-13-3-2-6-19-13/h2-3,6,9-10,17H,4-5,7-8,11H2,1H3. The van der Waals surface area contributed by atoms with E-state index in [1.807, 2.05) is 24.3 Å². The summed E-state index contributed by atoms with van der Waals surface area (Å²) in [6.07, 6.45) is 2.57. The first-order chi connectivity index (χ1) is 10.4. The summed E-state index contributed by atoms with van der Waals surface area (Å²) >= 11 is 0. The van der Waals surface area contributed by atoms with Gasteiger partial charge in [0, 0.05) is 19.5 Å². The lowest BCUT2D eigenvalue weighted by Gasteiger charge is -2.21. The number of furan rings is 1. The number of fused-ring (bicyclic) bond motifs is 1. The minimum Gasteiger partial charge on any atom is -0.493 e. The summed E-state index contributed by atoms with van der Waals surface area (Å²) < 4.78 is 21.9. The third kappa shape index (κ3) is 3.31. The Balaban J connectivity index is 1.60. The predicted octanol–water partition coefficient (Wildman–Crippen LogP) is 2.39. The molecular weight excluding hydrogens is 270 g/mol. The van der Waals surface area contributed by atoms with Gasteiger partial charge in [-0.1, -0.05) is 0 Å². The van der Waals surface area contributed by atoms with Gasteiger partial charge in [-0.2, -0.15) is 0 Å². The summed E-state index contributed by atoms with van der Waals surface area (Å²) in [4.78, 5) is 0. The van der Waals surface area contributed by atoms with Crippen LogP contribution in [0.25, 0.3) is 0 Å². The average Bonchev–Trinajstić information content (AvgIpc) is 3.04. The first-order valence-corrected chi connectivity index (χ1v) is 7.06. The SMILES string of the molecule is COc1cc(CNCCc2ccco2)cc2c1OCCO2. The van der Waals surface area contributed by atoms with E-state index in [-0.39, 0.29) is 0 Å². The second kappa shape index (κ2) is 6.54. The number of hydrogen-bond acceptors (Lipinski definition) is 5. The second-order valence-electron chi connectivity index (χ2n) is 4.83. The summed E-state index contributed by atoms with van der Waals surface area (Å²) in [6.45, 7) is 2.73. The van der Waals surface area contributed by atoms with Gasteiger partial charge in [-0.25, -0.2) is 0 Å². The van der Waals surface area contributed by atoms with Gasteiger partial charge >= 0.3 is 0 Å². The Kier molecular flexibility index (Phi) is 4.31. The van der Waals surface area contributed by atoms with Crippen LogP contribution in [0.15, 0.2) is 34.9 Å². The van der Waals surface area contributed by atoms with E-state index in [0.717, 1.165) is 42.3 Å². The highest BCUT2D eigenvalue weighted by Gasteiger charge is 2.18. The fourth-order valence-electron chi connectivity index (χ4n) is 2.33. The Hall–Kier alpha value is -2.14. The molecule has 0 amide bonds. The van der Waals surface area contributed by atoms with Crippen LogP contribution in [-0.2, 0) is 13.0 Å². The number of methoxy groups -OCH3 is 1. The van der Waals surface area contributed by atoms with Crippen LogP contribution in [0.3, 0.4) is 0 Å². The lowest BCUT2D eigenvalue weighted by molar-refractivity contribution is 0.165. The number of rotatable bonds is 6. The topological polar surface area (TPSA) is 52.9 Å². The van der Waals surface area contributed by atoms with Crippen molar-refractivity contribution in [2.75, 3.05) is 26.9 Å². The van der Waals surface area contributed by atoms with Gasteiger partial charge in [0.25, 0.3) is 0 Å². The van der Waals surface area contributed by atoms with Crippen molar-refractivity contribution in [1.29, 1.82) is 0 Å². The molecule has 0 unspecified atom stereocenters. The van der Waals surface area contributed by atoms with E-state index in [1.54, 1.807) is 13.4 Å². The molecule has 112 valence electrons. The summed E-state index contributed by atoms with van der Waals surface area (Å²) in [5, 5.41) is 3.39. The van der Waals surface area contributed by atoms with E-state index < -0.39 is 0 Å². The molecule has 5 heteroatoms. The van der Waals surface area contributed by atoms with Crippen molar-refractivity contribution in [2.24, 2.45) is 0 Å². The molecule has 0 spiro atoms. The van der Waals surface area contributed by atoms with Crippen LogP contribution in [0.1, 0.15) is 11.3 Å². The van der Waals surface area contributed by atoms with Crippen LogP contribution in [0.2, 0.25) is 0 Å². The number of benzene rings is 1. The Morgan fingerprint density at radius 2 is 2.14 bits per heavy atom. The molecular formula is C16H19NO4. The molecule has 1 aliphatic heterocycles. The molecule has 0 saturated heterocycles. The van der Waals surface area contributed by atoms with Gasteiger partial charge in [-0.05, 0) is 29.8 Å². The zero-order valence-corrected chi connectivity index (χ0v) is 12.1. The fraction of sp³-hybridized carbons (Fsp3) is 0.375. The summed E-state index contributed by atoms with van der Waals surface area (Å²) in [7, 11) is 1.64. The van der Waals surface area contributed by atoms with Crippen molar-refractivity contribution < 1.29 is 18.6 Å². The largest absolute Gasteiger partial charge is 0.493 e. The van der Waals surface area contributed by atoms with Crippen LogP contribution in [0, 0.1) is 0 Å². The van der Waals surface area contributed by atoms with Crippen LogP contribution < -0.4 is 19.5 Å². The number of ether oxygens (including phenoxy) is 3. The van der Waals surface area contributed by atoms with Gasteiger partial charge in [0.15, 0.2) is 11.5 Å². The van der Waals surface area contributed by atoms with E-state index >= 15 is 0 Å². The maximum absolute atomic E-state index is 5.62. The van der Waals surface area contributed by atoms with Gasteiger partial charge in [-0.3, -0.25) is 0 Å². The van der Waals surface area contributed by atoms with Crippen molar-refractivity contribution >= 4 is 0 Å². The average molecular weight is 289 g/mol. The van der Waals surface area contributed by atoms with Gasteiger partial charge in [-0.15, -0.1) is 0 Å². The Morgan fingerprint density at radius 1 is 1.24 bits per heavy atom. The maximum atomic E-state index is 5.62. The molecule has 0 fully saturated rings. The molecule has 0 aliphatic carbocycles. The van der Waals surface area contributed by atoms with Crippen molar-refractivity contribution in [1.82, 2.24) is 5.32 Å². The highest BCUT2D eigenvalue weighted by atomic mass is 16.6. The van der Waals surface area contributed by atoms with E-state index in [0.29, 0.717) is 19.0 Å². The molecule has 1 aliphatic rings. The lowest BCUT2D eigenvalue weighted by atomic mass is 10.1. The molecule has 1 aromatic carbocycles. The highest BCUT2D eigenvalue weighted by molar-refractivity contribution is 5.54. The molecule has 3 rings (SSSR count). The third-order valence-corrected chi connectivity index (χ3v) is 3.35. The molecule has 0 atom stereocenters. The van der Waals surface area contributed by atoms with E-state index in [4.69, 9.17) is 18.6 Å². The maximum Gasteiger partial charge on any atom is 0.203 e. The number of hydrogen-bond donors (Lipinski definition) is 1. The Morgan fingerprint density at radius 3 is 2.95 bits per heavy atom. The lowest BCUT2D eigenvalue weighted by Crippen LogP contribution is -2.18. The summed E-state index contributed by atoms with van der Waals surface area (Å²) in [6, 6.07) is 7.86. The smallest absolute Gasteiger partial charge is 0.203 e. The Bertz CT molecular complexity index is 563. The molecule has 2 heterocycles. The highest BCUT2D eigenvalue weighted by Crippen LogP contribution is 2.40. The van der Waals surface area contributed by atoms with Crippen LogP contribution in [-0.4, -0.2) is 26.9 Å². The zero-order valence-electron chi connectivity index (χ0n) is 12.1. The summed E-state index contributed by atoms with van der Waals surface area (Å²) in [5.41, 5.74) is 1.11. The molecule has 5 nitrogen and oxygen atoms in total. The number of nitrogens with one attached hydrogen (secondary N) is 1. The van der Waals surface area contributed by atoms with Crippen molar-refractivity contribution in [3.05, 3.63) is 41.9 Å². The first kappa shape index (κ1) is 13.8. The van der Waals surface area contributed by atoms with E-state index in [9.17, 15) is 0 Å². The molecule has 21 heavy (non-hydrogen) atoms. The molecule has 0 radical (unpaired) electrons. The molecule has 0 saturated carbocycles. The van der Waals surface area contributed by atoms with Crippen LogP contribution >= 0.6 is 0 Å². The molecule has 1 N–H and O–H groups in total. The third-order valence-electron chi connectivity index (χ3n) is 3.35. The first-order valence-electron chi connectivity index (χ1n) is 7.06. The normalized spacial score (nSPS) is 13.2. The van der Waals surface area contributed by atoms with Gasteiger partial charge in [0.1, 0.15) is 19.0 Å².